The smallest absolute Gasteiger partial charge is 0.0931 e. The van der Waals surface area contributed by atoms with Gasteiger partial charge < -0.3 is 10.8 Å². The Bertz CT molecular complexity index is 330. The quantitative estimate of drug-likeness (QED) is 0.834. The summed E-state index contributed by atoms with van der Waals surface area (Å²) >= 11 is 5.80. The van der Waals surface area contributed by atoms with Crippen LogP contribution in [0.15, 0.2) is 24.3 Å². The molecule has 0 aliphatic carbocycles. The Balaban J connectivity index is 3.10. The van der Waals surface area contributed by atoms with Crippen LogP contribution in [0.5, 0.6) is 0 Å². The number of hydrogen-bond donors (Lipinski definition) is 2. The van der Waals surface area contributed by atoms with Gasteiger partial charge in [0.05, 0.1) is 5.60 Å². The summed E-state index contributed by atoms with van der Waals surface area (Å²) in [7, 11) is 0. The second-order valence-electron chi connectivity index (χ2n) is 4.67. The molecule has 3 heteroatoms. The van der Waals surface area contributed by atoms with Gasteiger partial charge in [0.2, 0.25) is 0 Å². The molecule has 0 fully saturated rings. The van der Waals surface area contributed by atoms with Crippen molar-refractivity contribution in [2.75, 3.05) is 6.54 Å². The number of rotatable bonds is 3. The molecular formula is C12H18ClNO. The summed E-state index contributed by atoms with van der Waals surface area (Å²) in [4.78, 5) is 0. The number of benzene rings is 1. The molecule has 1 aromatic rings. The molecule has 0 spiro atoms. The Morgan fingerprint density at radius 3 is 2.07 bits per heavy atom. The third-order valence-corrected chi connectivity index (χ3v) is 3.49. The van der Waals surface area contributed by atoms with E-state index in [1.807, 2.05) is 26.0 Å². The van der Waals surface area contributed by atoms with E-state index >= 15 is 0 Å². The van der Waals surface area contributed by atoms with Gasteiger partial charge in [0.25, 0.3) is 0 Å². The fraction of sp³-hybridized carbons (Fsp3) is 0.500. The molecule has 84 valence electrons. The highest BCUT2D eigenvalue weighted by Crippen LogP contribution is 2.38. The molecule has 1 aromatic carbocycles. The van der Waals surface area contributed by atoms with Crippen LogP contribution in [0.4, 0.5) is 0 Å². The van der Waals surface area contributed by atoms with Crippen LogP contribution in [0.25, 0.3) is 0 Å². The summed E-state index contributed by atoms with van der Waals surface area (Å²) < 4.78 is 0. The summed E-state index contributed by atoms with van der Waals surface area (Å²) in [5.74, 6) is 0. The summed E-state index contributed by atoms with van der Waals surface area (Å²) in [5.41, 5.74) is 5.18. The lowest BCUT2D eigenvalue weighted by Crippen LogP contribution is -2.44. The van der Waals surface area contributed by atoms with Gasteiger partial charge in [0.1, 0.15) is 0 Å². The topological polar surface area (TPSA) is 46.2 Å². The molecular weight excluding hydrogens is 210 g/mol. The van der Waals surface area contributed by atoms with Crippen LogP contribution in [-0.2, 0) is 5.60 Å². The number of halogens is 1. The van der Waals surface area contributed by atoms with E-state index in [0.29, 0.717) is 11.6 Å². The van der Waals surface area contributed by atoms with Crippen molar-refractivity contribution in [2.45, 2.75) is 26.4 Å². The molecule has 15 heavy (non-hydrogen) atoms. The molecule has 0 aliphatic rings. The Morgan fingerprint density at radius 2 is 1.67 bits per heavy atom. The predicted octanol–water partition coefficient (Wildman–Crippen LogP) is 2.53. The zero-order valence-corrected chi connectivity index (χ0v) is 10.2. The maximum atomic E-state index is 10.5. The van der Waals surface area contributed by atoms with Gasteiger partial charge in [0.15, 0.2) is 0 Å². The van der Waals surface area contributed by atoms with Gasteiger partial charge in [-0.15, -0.1) is 0 Å². The van der Waals surface area contributed by atoms with Crippen LogP contribution in [0.3, 0.4) is 0 Å². The van der Waals surface area contributed by atoms with E-state index in [-0.39, 0.29) is 5.41 Å². The third kappa shape index (κ3) is 2.33. The van der Waals surface area contributed by atoms with Crippen LogP contribution >= 0.6 is 11.6 Å². The fourth-order valence-corrected chi connectivity index (χ4v) is 1.49. The highest BCUT2D eigenvalue weighted by Gasteiger charge is 2.39. The van der Waals surface area contributed by atoms with Crippen molar-refractivity contribution in [2.24, 2.45) is 11.1 Å². The largest absolute Gasteiger partial charge is 0.385 e. The average molecular weight is 228 g/mol. The average Bonchev–Trinajstić information content (AvgIpc) is 2.18. The highest BCUT2D eigenvalue weighted by atomic mass is 35.5. The van der Waals surface area contributed by atoms with Crippen molar-refractivity contribution >= 4 is 11.6 Å². The van der Waals surface area contributed by atoms with E-state index in [2.05, 4.69) is 0 Å². The predicted molar refractivity (Wildman–Crippen MR) is 63.9 cm³/mol. The Labute approximate surface area is 96.1 Å². The van der Waals surface area contributed by atoms with Gasteiger partial charge in [0, 0.05) is 17.0 Å². The number of nitrogens with two attached hydrogens (primary N) is 1. The molecule has 1 atom stereocenters. The molecule has 1 rings (SSSR count). The lowest BCUT2D eigenvalue weighted by Gasteiger charge is -2.39. The van der Waals surface area contributed by atoms with E-state index in [9.17, 15) is 5.11 Å². The second kappa shape index (κ2) is 4.12. The first-order valence-electron chi connectivity index (χ1n) is 5.00. The van der Waals surface area contributed by atoms with Crippen LogP contribution < -0.4 is 5.73 Å². The lowest BCUT2D eigenvalue weighted by atomic mass is 9.72. The standard InChI is InChI=1S/C12H18ClNO/c1-11(2,8-14)12(3,15)9-4-6-10(13)7-5-9/h4-7,15H,8,14H2,1-3H3. The van der Waals surface area contributed by atoms with E-state index < -0.39 is 5.60 Å². The normalized spacial score (nSPS) is 16.1. The molecule has 0 saturated heterocycles. The van der Waals surface area contributed by atoms with Gasteiger partial charge in [-0.3, -0.25) is 0 Å². The van der Waals surface area contributed by atoms with Crippen molar-refractivity contribution in [1.82, 2.24) is 0 Å². The molecule has 0 aliphatic heterocycles. The minimum absolute atomic E-state index is 0.374. The molecule has 0 saturated carbocycles. The first-order chi connectivity index (χ1) is 6.81. The molecule has 1 unspecified atom stereocenters. The lowest BCUT2D eigenvalue weighted by molar-refractivity contribution is -0.0521. The number of hydrogen-bond acceptors (Lipinski definition) is 2. The van der Waals surface area contributed by atoms with E-state index in [1.54, 1.807) is 19.1 Å². The number of aliphatic hydroxyl groups is 1. The van der Waals surface area contributed by atoms with Crippen LogP contribution in [0.1, 0.15) is 26.3 Å². The van der Waals surface area contributed by atoms with Crippen molar-refractivity contribution in [3.8, 4) is 0 Å². The second-order valence-corrected chi connectivity index (χ2v) is 5.10. The van der Waals surface area contributed by atoms with Gasteiger partial charge in [-0.2, -0.15) is 0 Å². The fourth-order valence-electron chi connectivity index (χ4n) is 1.36. The summed E-state index contributed by atoms with van der Waals surface area (Å²) in [6.07, 6.45) is 0. The molecule has 0 aromatic heterocycles. The molecule has 0 heterocycles. The first kappa shape index (κ1) is 12.5. The van der Waals surface area contributed by atoms with Crippen LogP contribution in [0, 0.1) is 5.41 Å². The summed E-state index contributed by atoms with van der Waals surface area (Å²) in [5, 5.41) is 11.1. The summed E-state index contributed by atoms with van der Waals surface area (Å²) in [6.45, 7) is 6.09. The van der Waals surface area contributed by atoms with Gasteiger partial charge >= 0.3 is 0 Å². The van der Waals surface area contributed by atoms with Crippen molar-refractivity contribution < 1.29 is 5.11 Å². The summed E-state index contributed by atoms with van der Waals surface area (Å²) in [6, 6.07) is 7.22. The van der Waals surface area contributed by atoms with E-state index in [1.165, 1.54) is 0 Å². The zero-order valence-electron chi connectivity index (χ0n) is 9.42. The molecule has 2 nitrogen and oxygen atoms in total. The Kier molecular flexibility index (Phi) is 3.44. The van der Waals surface area contributed by atoms with Crippen molar-refractivity contribution in [1.29, 1.82) is 0 Å². The van der Waals surface area contributed by atoms with Gasteiger partial charge in [-0.1, -0.05) is 37.6 Å². The Morgan fingerprint density at radius 1 is 1.20 bits per heavy atom. The minimum atomic E-state index is -0.952. The molecule has 0 radical (unpaired) electrons. The maximum Gasteiger partial charge on any atom is 0.0931 e. The third-order valence-electron chi connectivity index (χ3n) is 3.23. The zero-order chi connectivity index (χ0) is 11.7. The molecule has 3 N–H and O–H groups in total. The first-order valence-corrected chi connectivity index (χ1v) is 5.37. The molecule has 0 bridgehead atoms. The Hall–Kier alpha value is -0.570. The van der Waals surface area contributed by atoms with Gasteiger partial charge in [-0.25, -0.2) is 0 Å². The van der Waals surface area contributed by atoms with Crippen LogP contribution in [-0.4, -0.2) is 11.7 Å². The minimum Gasteiger partial charge on any atom is -0.385 e. The van der Waals surface area contributed by atoms with Crippen LogP contribution in [0.2, 0.25) is 5.02 Å². The monoisotopic (exact) mass is 227 g/mol. The van der Waals surface area contributed by atoms with Crippen molar-refractivity contribution in [3.05, 3.63) is 34.9 Å². The van der Waals surface area contributed by atoms with Gasteiger partial charge in [-0.05, 0) is 24.6 Å². The maximum absolute atomic E-state index is 10.5. The van der Waals surface area contributed by atoms with E-state index in [4.69, 9.17) is 17.3 Å². The van der Waals surface area contributed by atoms with E-state index in [0.717, 1.165) is 5.56 Å². The molecule has 0 amide bonds. The SMILES string of the molecule is CC(C)(CN)C(C)(O)c1ccc(Cl)cc1. The van der Waals surface area contributed by atoms with Crippen molar-refractivity contribution in [3.63, 3.8) is 0 Å². The highest BCUT2D eigenvalue weighted by molar-refractivity contribution is 6.30.